The van der Waals surface area contributed by atoms with Crippen LogP contribution in [0, 0.1) is 0 Å². The SMILES string of the molecule is CCCCOC(=O)COc1ccccc1.[NaH]. The average molecular weight is 232 g/mol. The van der Waals surface area contributed by atoms with E-state index >= 15 is 0 Å². The minimum absolute atomic E-state index is 0. The van der Waals surface area contributed by atoms with E-state index < -0.39 is 0 Å². The van der Waals surface area contributed by atoms with E-state index in [0.717, 1.165) is 12.8 Å². The number of esters is 1. The monoisotopic (exact) mass is 232 g/mol. The summed E-state index contributed by atoms with van der Waals surface area (Å²) in [5.41, 5.74) is 0. The van der Waals surface area contributed by atoms with Crippen LogP contribution in [0.5, 0.6) is 5.75 Å². The van der Waals surface area contributed by atoms with Crippen LogP contribution in [0.1, 0.15) is 19.8 Å². The second-order valence-corrected chi connectivity index (χ2v) is 3.18. The minimum atomic E-state index is -0.313. The van der Waals surface area contributed by atoms with E-state index in [1.807, 2.05) is 25.1 Å². The predicted octanol–water partition coefficient (Wildman–Crippen LogP) is 1.76. The molecule has 0 aromatic heterocycles. The summed E-state index contributed by atoms with van der Waals surface area (Å²) in [4.78, 5) is 11.1. The Morgan fingerprint density at radius 2 is 1.94 bits per heavy atom. The van der Waals surface area contributed by atoms with Crippen molar-refractivity contribution in [1.82, 2.24) is 0 Å². The van der Waals surface area contributed by atoms with Crippen LogP contribution in [0.15, 0.2) is 30.3 Å². The first-order chi connectivity index (χ1) is 7.33. The fraction of sp³-hybridized carbons (Fsp3) is 0.417. The van der Waals surface area contributed by atoms with Crippen molar-refractivity contribution in [1.29, 1.82) is 0 Å². The fourth-order valence-corrected chi connectivity index (χ4v) is 1.03. The van der Waals surface area contributed by atoms with E-state index in [1.165, 1.54) is 0 Å². The van der Waals surface area contributed by atoms with Crippen molar-refractivity contribution < 1.29 is 14.3 Å². The standard InChI is InChI=1S/C12H16O3.Na.H/c1-2-3-9-14-12(13)10-15-11-7-5-4-6-8-11;;/h4-8H,2-3,9-10H2,1H3;;. The van der Waals surface area contributed by atoms with Crippen molar-refractivity contribution in [2.75, 3.05) is 13.2 Å². The molecule has 0 aliphatic rings. The number of hydrogen-bond donors (Lipinski definition) is 0. The number of carbonyl (C=O) groups is 1. The van der Waals surface area contributed by atoms with Crippen LogP contribution in [0.4, 0.5) is 0 Å². The van der Waals surface area contributed by atoms with Gasteiger partial charge in [-0.1, -0.05) is 31.5 Å². The van der Waals surface area contributed by atoms with E-state index in [-0.39, 0.29) is 42.1 Å². The molecule has 0 heterocycles. The van der Waals surface area contributed by atoms with Gasteiger partial charge in [0.2, 0.25) is 0 Å². The molecule has 1 aromatic carbocycles. The summed E-state index contributed by atoms with van der Waals surface area (Å²) in [6.07, 6.45) is 1.92. The third-order valence-electron chi connectivity index (χ3n) is 1.86. The molecule has 0 amide bonds. The number of rotatable bonds is 6. The molecule has 1 aromatic rings. The number of carbonyl (C=O) groups excluding carboxylic acids is 1. The number of unbranched alkanes of at least 4 members (excludes halogenated alkanes) is 1. The Balaban J connectivity index is 0.00000225. The summed E-state index contributed by atoms with van der Waals surface area (Å²) in [6, 6.07) is 9.22. The van der Waals surface area contributed by atoms with Crippen LogP contribution in [-0.2, 0) is 9.53 Å². The van der Waals surface area contributed by atoms with Gasteiger partial charge in [-0.05, 0) is 18.6 Å². The first-order valence-electron chi connectivity index (χ1n) is 5.16. The van der Waals surface area contributed by atoms with Gasteiger partial charge in [0.05, 0.1) is 6.61 Å². The maximum atomic E-state index is 11.1. The Bertz CT molecular complexity index is 288. The molecule has 3 nitrogen and oxygen atoms in total. The first-order valence-corrected chi connectivity index (χ1v) is 5.16. The Hall–Kier alpha value is -0.510. The van der Waals surface area contributed by atoms with E-state index in [0.29, 0.717) is 12.4 Å². The number of hydrogen-bond acceptors (Lipinski definition) is 3. The third kappa shape index (κ3) is 6.88. The zero-order valence-corrected chi connectivity index (χ0v) is 8.94. The second-order valence-electron chi connectivity index (χ2n) is 3.18. The van der Waals surface area contributed by atoms with Gasteiger partial charge < -0.3 is 9.47 Å². The summed E-state index contributed by atoms with van der Waals surface area (Å²) in [6.45, 7) is 2.51. The normalized spacial score (nSPS) is 9.06. The number of ether oxygens (including phenoxy) is 2. The van der Waals surface area contributed by atoms with Gasteiger partial charge in [0.1, 0.15) is 5.75 Å². The van der Waals surface area contributed by atoms with Gasteiger partial charge in [-0.2, -0.15) is 0 Å². The van der Waals surface area contributed by atoms with Gasteiger partial charge in [0.25, 0.3) is 0 Å². The molecule has 0 aliphatic heterocycles. The van der Waals surface area contributed by atoms with E-state index in [1.54, 1.807) is 12.1 Å². The quantitative estimate of drug-likeness (QED) is 0.426. The van der Waals surface area contributed by atoms with Crippen molar-refractivity contribution in [3.05, 3.63) is 30.3 Å². The summed E-state index contributed by atoms with van der Waals surface area (Å²) in [7, 11) is 0. The molecule has 0 atom stereocenters. The summed E-state index contributed by atoms with van der Waals surface area (Å²) in [5, 5.41) is 0. The topological polar surface area (TPSA) is 35.5 Å². The molecule has 1 rings (SSSR count). The molecule has 0 spiro atoms. The molecule has 84 valence electrons. The Kier molecular flexibility index (Phi) is 9.39. The van der Waals surface area contributed by atoms with Crippen LogP contribution in [0.2, 0.25) is 0 Å². The Morgan fingerprint density at radius 3 is 2.56 bits per heavy atom. The molecule has 4 heteroatoms. The van der Waals surface area contributed by atoms with Crippen LogP contribution < -0.4 is 4.74 Å². The van der Waals surface area contributed by atoms with E-state index in [9.17, 15) is 4.79 Å². The molecule has 0 saturated heterocycles. The van der Waals surface area contributed by atoms with Gasteiger partial charge in [-0.25, -0.2) is 4.79 Å². The zero-order chi connectivity index (χ0) is 10.9. The van der Waals surface area contributed by atoms with Gasteiger partial charge in [-0.15, -0.1) is 0 Å². The van der Waals surface area contributed by atoms with Crippen molar-refractivity contribution in [3.63, 3.8) is 0 Å². The summed E-state index contributed by atoms with van der Waals surface area (Å²) >= 11 is 0. The molecular formula is C12H17NaO3. The number of benzene rings is 1. The Labute approximate surface area is 118 Å². The van der Waals surface area contributed by atoms with Crippen molar-refractivity contribution in [3.8, 4) is 5.75 Å². The molecule has 0 aliphatic carbocycles. The molecule has 0 fully saturated rings. The average Bonchev–Trinajstić information content (AvgIpc) is 2.28. The Morgan fingerprint density at radius 1 is 1.25 bits per heavy atom. The number of para-hydroxylation sites is 1. The van der Waals surface area contributed by atoms with E-state index in [4.69, 9.17) is 9.47 Å². The van der Waals surface area contributed by atoms with Gasteiger partial charge in [-0.3, -0.25) is 0 Å². The molecule has 16 heavy (non-hydrogen) atoms. The van der Waals surface area contributed by atoms with Crippen LogP contribution >= 0.6 is 0 Å². The zero-order valence-electron chi connectivity index (χ0n) is 8.94. The summed E-state index contributed by atoms with van der Waals surface area (Å²) < 4.78 is 10.2. The molecule has 0 unspecified atom stereocenters. The second kappa shape index (κ2) is 9.70. The maximum absolute atomic E-state index is 11.1. The molecular weight excluding hydrogens is 215 g/mol. The molecule has 0 bridgehead atoms. The third-order valence-corrected chi connectivity index (χ3v) is 1.86. The van der Waals surface area contributed by atoms with Gasteiger partial charge in [0, 0.05) is 0 Å². The summed E-state index contributed by atoms with van der Waals surface area (Å²) in [5.74, 6) is 0.372. The van der Waals surface area contributed by atoms with Crippen LogP contribution in [-0.4, -0.2) is 48.7 Å². The molecule has 0 N–H and O–H groups in total. The molecule has 0 radical (unpaired) electrons. The van der Waals surface area contributed by atoms with Crippen LogP contribution in [0.25, 0.3) is 0 Å². The fourth-order valence-electron chi connectivity index (χ4n) is 1.03. The van der Waals surface area contributed by atoms with Crippen LogP contribution in [0.3, 0.4) is 0 Å². The van der Waals surface area contributed by atoms with Crippen molar-refractivity contribution in [2.45, 2.75) is 19.8 Å². The molecule has 0 saturated carbocycles. The first kappa shape index (κ1) is 15.5. The van der Waals surface area contributed by atoms with Crippen molar-refractivity contribution >= 4 is 35.5 Å². The predicted molar refractivity (Wildman–Crippen MR) is 65.0 cm³/mol. The van der Waals surface area contributed by atoms with Crippen molar-refractivity contribution in [2.24, 2.45) is 0 Å². The van der Waals surface area contributed by atoms with E-state index in [2.05, 4.69) is 0 Å². The van der Waals surface area contributed by atoms with Gasteiger partial charge in [0.15, 0.2) is 6.61 Å². The van der Waals surface area contributed by atoms with Gasteiger partial charge >= 0.3 is 35.5 Å².